The van der Waals surface area contributed by atoms with Crippen LogP contribution in [0.5, 0.6) is 0 Å². The molecule has 2 nitrogen and oxygen atoms in total. The minimum absolute atomic E-state index is 0.176. The number of allylic oxidation sites excluding steroid dienone is 4. The van der Waals surface area contributed by atoms with Gasteiger partial charge in [0.05, 0.1) is 6.04 Å². The molecule has 0 bridgehead atoms. The van der Waals surface area contributed by atoms with Crippen molar-refractivity contribution in [1.82, 2.24) is 10.2 Å². The quantitative estimate of drug-likeness (QED) is 0.458. The minimum atomic E-state index is -0.176. The molecule has 0 radical (unpaired) electrons. The standard InChI is InChI=1S/C24H30FN.C6H9N/c1-4-16-26(18(2)8-9-20-10-14-24(25)15-11-20)19(3)22-13-12-21-6-5-7-23(21)17-22;1-6-4-2-3-5-7-6/h10-15,17,19H,2,4-9,16H2,1,3H3;2-4,7H,5H2,1H3. The Bertz CT molecular complexity index is 971. The van der Waals surface area contributed by atoms with Gasteiger partial charge >= 0.3 is 0 Å². The Kier molecular flexibility index (Phi) is 9.35. The van der Waals surface area contributed by atoms with E-state index < -0.39 is 0 Å². The number of halogens is 1. The summed E-state index contributed by atoms with van der Waals surface area (Å²) in [6, 6.07) is 14.2. The Hall–Kier alpha value is -2.81. The molecule has 1 heterocycles. The summed E-state index contributed by atoms with van der Waals surface area (Å²) < 4.78 is 13.1. The summed E-state index contributed by atoms with van der Waals surface area (Å²) in [4.78, 5) is 2.44. The first-order chi connectivity index (χ1) is 16.0. The molecule has 1 N–H and O–H groups in total. The Morgan fingerprint density at radius 3 is 2.52 bits per heavy atom. The zero-order valence-corrected chi connectivity index (χ0v) is 20.5. The zero-order chi connectivity index (χ0) is 23.6. The third kappa shape index (κ3) is 7.35. The van der Waals surface area contributed by atoms with Gasteiger partial charge in [-0.3, -0.25) is 0 Å². The van der Waals surface area contributed by atoms with Crippen LogP contribution in [0.15, 0.2) is 78.7 Å². The number of hydrogen-bond donors (Lipinski definition) is 1. The number of dihydropyridines is 1. The van der Waals surface area contributed by atoms with Crippen LogP contribution in [-0.2, 0) is 19.3 Å². The van der Waals surface area contributed by atoms with Crippen LogP contribution in [-0.4, -0.2) is 18.0 Å². The Morgan fingerprint density at radius 2 is 1.88 bits per heavy atom. The number of aryl methyl sites for hydroxylation is 3. The smallest absolute Gasteiger partial charge is 0.123 e. The second kappa shape index (κ2) is 12.4. The zero-order valence-electron chi connectivity index (χ0n) is 20.5. The lowest BCUT2D eigenvalue weighted by Crippen LogP contribution is -2.27. The van der Waals surface area contributed by atoms with Crippen molar-refractivity contribution in [3.8, 4) is 0 Å². The van der Waals surface area contributed by atoms with Gasteiger partial charge in [-0.25, -0.2) is 4.39 Å². The van der Waals surface area contributed by atoms with Crippen molar-refractivity contribution in [2.45, 2.75) is 65.3 Å². The number of fused-ring (bicyclic) bond motifs is 1. The summed E-state index contributed by atoms with van der Waals surface area (Å²) in [5.74, 6) is -0.176. The maximum Gasteiger partial charge on any atom is 0.123 e. The van der Waals surface area contributed by atoms with E-state index >= 15 is 0 Å². The van der Waals surface area contributed by atoms with Crippen LogP contribution >= 0.6 is 0 Å². The fourth-order valence-corrected chi connectivity index (χ4v) is 4.54. The molecule has 2 aromatic rings. The average Bonchev–Trinajstić information content (AvgIpc) is 3.30. The van der Waals surface area contributed by atoms with Gasteiger partial charge in [0.2, 0.25) is 0 Å². The molecule has 176 valence electrons. The molecule has 1 unspecified atom stereocenters. The molecule has 0 saturated heterocycles. The third-order valence-corrected chi connectivity index (χ3v) is 6.54. The summed E-state index contributed by atoms with van der Waals surface area (Å²) in [5.41, 5.74) is 8.03. The van der Waals surface area contributed by atoms with Crippen molar-refractivity contribution in [3.05, 3.63) is 107 Å². The van der Waals surface area contributed by atoms with Crippen molar-refractivity contribution in [3.63, 3.8) is 0 Å². The molecule has 0 aromatic heterocycles. The number of nitrogens with zero attached hydrogens (tertiary/aromatic N) is 1. The van der Waals surface area contributed by atoms with Crippen LogP contribution in [0.1, 0.15) is 68.3 Å². The summed E-state index contributed by atoms with van der Waals surface area (Å²) >= 11 is 0. The lowest BCUT2D eigenvalue weighted by Gasteiger charge is -2.33. The van der Waals surface area contributed by atoms with Crippen molar-refractivity contribution >= 4 is 0 Å². The van der Waals surface area contributed by atoms with E-state index in [1.165, 1.54) is 59.5 Å². The summed E-state index contributed by atoms with van der Waals surface area (Å²) in [7, 11) is 0. The summed E-state index contributed by atoms with van der Waals surface area (Å²) in [6.45, 7) is 12.9. The molecular formula is C30H39FN2. The average molecular weight is 447 g/mol. The Balaban J connectivity index is 0.000000374. The fraction of sp³-hybridized carbons (Fsp3) is 0.400. The summed E-state index contributed by atoms with van der Waals surface area (Å²) in [5, 5.41) is 3.16. The maximum absolute atomic E-state index is 13.1. The topological polar surface area (TPSA) is 15.3 Å². The highest BCUT2D eigenvalue weighted by molar-refractivity contribution is 5.36. The first-order valence-electron chi connectivity index (χ1n) is 12.4. The first-order valence-corrected chi connectivity index (χ1v) is 12.4. The second-order valence-corrected chi connectivity index (χ2v) is 9.10. The molecule has 1 aliphatic heterocycles. The van der Waals surface area contributed by atoms with Crippen molar-refractivity contribution < 1.29 is 4.39 Å². The number of nitrogens with one attached hydrogen (secondary N) is 1. The molecule has 33 heavy (non-hydrogen) atoms. The molecule has 0 spiro atoms. The lowest BCUT2D eigenvalue weighted by atomic mass is 9.99. The van der Waals surface area contributed by atoms with Crippen molar-refractivity contribution in [1.29, 1.82) is 0 Å². The monoisotopic (exact) mass is 446 g/mol. The van der Waals surface area contributed by atoms with E-state index in [0.717, 1.165) is 37.9 Å². The van der Waals surface area contributed by atoms with Crippen molar-refractivity contribution in [2.75, 3.05) is 13.1 Å². The molecule has 0 fully saturated rings. The van der Waals surface area contributed by atoms with Crippen molar-refractivity contribution in [2.24, 2.45) is 0 Å². The van der Waals surface area contributed by atoms with Crippen LogP contribution in [0.4, 0.5) is 4.39 Å². The van der Waals surface area contributed by atoms with Gasteiger partial charge in [-0.1, -0.05) is 56.0 Å². The molecule has 4 rings (SSSR count). The van der Waals surface area contributed by atoms with Gasteiger partial charge in [-0.2, -0.15) is 0 Å². The van der Waals surface area contributed by atoms with Crippen LogP contribution in [0.3, 0.4) is 0 Å². The third-order valence-electron chi connectivity index (χ3n) is 6.54. The molecule has 0 amide bonds. The lowest BCUT2D eigenvalue weighted by molar-refractivity contribution is 0.263. The van der Waals surface area contributed by atoms with E-state index in [2.05, 4.69) is 74.0 Å². The molecule has 2 aliphatic rings. The molecule has 1 atom stereocenters. The van der Waals surface area contributed by atoms with Gasteiger partial charge in [0.25, 0.3) is 0 Å². The van der Waals surface area contributed by atoms with Gasteiger partial charge in [0.1, 0.15) is 5.82 Å². The SMILES string of the molecule is C=C(CCc1ccc(F)cc1)N(CCC)C(C)c1ccc2c(c1)CCC2.CC1=CC=CCN1. The highest BCUT2D eigenvalue weighted by Crippen LogP contribution is 2.30. The van der Waals surface area contributed by atoms with Crippen LogP contribution in [0.25, 0.3) is 0 Å². The number of rotatable bonds is 8. The van der Waals surface area contributed by atoms with E-state index in [-0.39, 0.29) is 5.82 Å². The maximum atomic E-state index is 13.1. The van der Waals surface area contributed by atoms with E-state index in [0.29, 0.717) is 6.04 Å². The molecule has 1 aliphatic carbocycles. The minimum Gasteiger partial charge on any atom is -0.385 e. The highest BCUT2D eigenvalue weighted by Gasteiger charge is 2.19. The number of hydrogen-bond acceptors (Lipinski definition) is 2. The van der Waals surface area contributed by atoms with Crippen LogP contribution in [0.2, 0.25) is 0 Å². The van der Waals surface area contributed by atoms with Gasteiger partial charge in [-0.05, 0) is 92.8 Å². The Labute approximate surface area is 199 Å². The molecule has 0 saturated carbocycles. The van der Waals surface area contributed by atoms with E-state index in [9.17, 15) is 4.39 Å². The van der Waals surface area contributed by atoms with Gasteiger partial charge in [0, 0.05) is 24.5 Å². The van der Waals surface area contributed by atoms with Crippen LogP contribution < -0.4 is 5.32 Å². The predicted octanol–water partition coefficient (Wildman–Crippen LogP) is 7.28. The Morgan fingerprint density at radius 1 is 1.12 bits per heavy atom. The van der Waals surface area contributed by atoms with E-state index in [1.54, 1.807) is 0 Å². The predicted molar refractivity (Wildman–Crippen MR) is 139 cm³/mol. The van der Waals surface area contributed by atoms with Crippen LogP contribution in [0, 0.1) is 5.82 Å². The van der Waals surface area contributed by atoms with Gasteiger partial charge in [0.15, 0.2) is 0 Å². The highest BCUT2D eigenvalue weighted by atomic mass is 19.1. The molecule has 3 heteroatoms. The normalized spacial score (nSPS) is 15.0. The summed E-state index contributed by atoms with van der Waals surface area (Å²) in [6.07, 6.45) is 12.8. The first kappa shape index (κ1) is 24.8. The molecular weight excluding hydrogens is 407 g/mol. The molecule has 2 aromatic carbocycles. The van der Waals surface area contributed by atoms with Gasteiger partial charge < -0.3 is 10.2 Å². The largest absolute Gasteiger partial charge is 0.385 e. The fourth-order valence-electron chi connectivity index (χ4n) is 4.54. The van der Waals surface area contributed by atoms with Gasteiger partial charge in [-0.15, -0.1) is 0 Å². The second-order valence-electron chi connectivity index (χ2n) is 9.10. The number of benzene rings is 2. The van der Waals surface area contributed by atoms with E-state index in [1.807, 2.05) is 12.1 Å². The van der Waals surface area contributed by atoms with E-state index in [4.69, 9.17) is 0 Å².